The molecule has 0 radical (unpaired) electrons. The van der Waals surface area contributed by atoms with Gasteiger partial charge in [-0.2, -0.15) is 0 Å². The molecule has 0 fully saturated rings. The van der Waals surface area contributed by atoms with Crippen LogP contribution >= 0.6 is 0 Å². The summed E-state index contributed by atoms with van der Waals surface area (Å²) in [5.74, 6) is 1.40. The minimum absolute atomic E-state index is 0.215. The highest BCUT2D eigenvalue weighted by Gasteiger charge is 2.21. The molecule has 0 spiro atoms. The first-order chi connectivity index (χ1) is 7.13. The van der Waals surface area contributed by atoms with Crippen molar-refractivity contribution in [2.45, 2.75) is 19.9 Å². The summed E-state index contributed by atoms with van der Waals surface area (Å²) >= 11 is 0. The van der Waals surface area contributed by atoms with Crippen LogP contribution in [-0.2, 0) is 0 Å². The number of nitrogens with zero attached hydrogens (tertiary/aromatic N) is 2. The third-order valence-corrected chi connectivity index (χ3v) is 2.55. The quantitative estimate of drug-likeness (QED) is 0.713. The number of aromatic nitrogens is 2. The van der Waals surface area contributed by atoms with E-state index in [1.54, 1.807) is 4.68 Å². The van der Waals surface area contributed by atoms with E-state index in [4.69, 9.17) is 5.73 Å². The molecule has 1 aromatic rings. The van der Waals surface area contributed by atoms with E-state index < -0.39 is 0 Å². The number of nitrogens with two attached hydrogens (primary N) is 1. The molecule has 15 heavy (non-hydrogen) atoms. The molecule has 0 aliphatic carbocycles. The summed E-state index contributed by atoms with van der Waals surface area (Å²) in [6, 6.07) is 0.215. The van der Waals surface area contributed by atoms with Gasteiger partial charge in [-0.05, 0) is 12.0 Å². The molecule has 2 heterocycles. The Hall–Kier alpha value is -1.78. The maximum absolute atomic E-state index is 10.8. The number of carbonyl (C=O) groups is 1. The summed E-state index contributed by atoms with van der Waals surface area (Å²) in [6.45, 7) is 4.22. The van der Waals surface area contributed by atoms with Gasteiger partial charge in [-0.25, -0.2) is 4.68 Å². The molecule has 0 amide bonds. The molecule has 1 aromatic heterocycles. The van der Waals surface area contributed by atoms with E-state index in [0.29, 0.717) is 17.3 Å². The van der Waals surface area contributed by atoms with Gasteiger partial charge in [-0.15, -0.1) is 5.10 Å². The number of carbonyl (C=O) groups excluding carboxylic acids is 1. The first-order valence-corrected chi connectivity index (χ1v) is 4.91. The van der Waals surface area contributed by atoms with Crippen molar-refractivity contribution in [1.29, 1.82) is 0 Å². The van der Waals surface area contributed by atoms with Crippen molar-refractivity contribution in [3.05, 3.63) is 11.6 Å². The molecule has 0 bridgehead atoms. The standard InChI is InChI=1S/C10H14N4O/c1-6(2)8-3-4-14-10(12-8)7(5-15)9(11)13-14/h3-6,8,12H,1-2H3,(H2,11,13). The van der Waals surface area contributed by atoms with Gasteiger partial charge in [0.15, 0.2) is 12.1 Å². The fraction of sp³-hybridized carbons (Fsp3) is 0.400. The maximum Gasteiger partial charge on any atom is 0.158 e. The van der Waals surface area contributed by atoms with Crippen molar-refractivity contribution >= 4 is 24.1 Å². The van der Waals surface area contributed by atoms with Gasteiger partial charge in [-0.1, -0.05) is 13.8 Å². The lowest BCUT2D eigenvalue weighted by molar-refractivity contribution is 0.112. The second-order valence-electron chi connectivity index (χ2n) is 3.97. The van der Waals surface area contributed by atoms with E-state index in [0.717, 1.165) is 6.29 Å². The van der Waals surface area contributed by atoms with Crippen LogP contribution in [0.1, 0.15) is 24.2 Å². The van der Waals surface area contributed by atoms with Crippen molar-refractivity contribution in [2.24, 2.45) is 5.92 Å². The number of hydrogen-bond donors (Lipinski definition) is 2. The van der Waals surface area contributed by atoms with Crippen LogP contribution in [0.2, 0.25) is 0 Å². The van der Waals surface area contributed by atoms with Crippen LogP contribution in [-0.4, -0.2) is 22.1 Å². The third-order valence-electron chi connectivity index (χ3n) is 2.55. The SMILES string of the molecule is CC(C)C1C=Cn2nc(N)c(C=O)c2N1. The van der Waals surface area contributed by atoms with Gasteiger partial charge in [0.2, 0.25) is 0 Å². The Labute approximate surface area is 87.9 Å². The van der Waals surface area contributed by atoms with Crippen molar-refractivity contribution in [1.82, 2.24) is 9.78 Å². The average Bonchev–Trinajstić information content (AvgIpc) is 2.51. The monoisotopic (exact) mass is 206 g/mol. The lowest BCUT2D eigenvalue weighted by atomic mass is 10.0. The summed E-state index contributed by atoms with van der Waals surface area (Å²) in [6.07, 6.45) is 4.58. The zero-order valence-corrected chi connectivity index (χ0v) is 8.77. The van der Waals surface area contributed by atoms with Gasteiger partial charge in [-0.3, -0.25) is 4.79 Å². The maximum atomic E-state index is 10.8. The topological polar surface area (TPSA) is 72.9 Å². The smallest absolute Gasteiger partial charge is 0.158 e. The number of nitrogen functional groups attached to an aromatic ring is 1. The fourth-order valence-corrected chi connectivity index (χ4v) is 1.60. The van der Waals surface area contributed by atoms with Crippen LogP contribution in [0.5, 0.6) is 0 Å². The number of nitrogens with one attached hydrogen (secondary N) is 1. The lowest BCUT2D eigenvalue weighted by Crippen LogP contribution is -2.27. The molecule has 0 saturated carbocycles. The van der Waals surface area contributed by atoms with Crippen LogP contribution in [0, 0.1) is 5.92 Å². The van der Waals surface area contributed by atoms with Crippen molar-refractivity contribution in [3.63, 3.8) is 0 Å². The van der Waals surface area contributed by atoms with E-state index in [1.807, 2.05) is 12.3 Å². The summed E-state index contributed by atoms with van der Waals surface area (Å²) in [4.78, 5) is 10.8. The Morgan fingerprint density at radius 2 is 2.40 bits per heavy atom. The Morgan fingerprint density at radius 1 is 1.67 bits per heavy atom. The fourth-order valence-electron chi connectivity index (χ4n) is 1.60. The summed E-state index contributed by atoms with van der Waals surface area (Å²) in [5.41, 5.74) is 6.05. The largest absolute Gasteiger partial charge is 0.382 e. The van der Waals surface area contributed by atoms with E-state index in [-0.39, 0.29) is 11.9 Å². The second-order valence-corrected chi connectivity index (χ2v) is 3.97. The van der Waals surface area contributed by atoms with Gasteiger partial charge >= 0.3 is 0 Å². The van der Waals surface area contributed by atoms with Crippen molar-refractivity contribution in [2.75, 3.05) is 11.1 Å². The summed E-state index contributed by atoms with van der Waals surface area (Å²) < 4.78 is 1.60. The van der Waals surface area contributed by atoms with Crippen LogP contribution in [0.4, 0.5) is 11.6 Å². The Bertz CT molecular complexity index is 419. The molecule has 0 saturated heterocycles. The molecule has 2 rings (SSSR count). The van der Waals surface area contributed by atoms with Crippen LogP contribution in [0.3, 0.4) is 0 Å². The number of fused-ring (bicyclic) bond motifs is 1. The number of rotatable bonds is 2. The first-order valence-electron chi connectivity index (χ1n) is 4.91. The molecule has 80 valence electrons. The lowest BCUT2D eigenvalue weighted by Gasteiger charge is -2.23. The molecule has 5 nitrogen and oxygen atoms in total. The average molecular weight is 206 g/mol. The van der Waals surface area contributed by atoms with Crippen LogP contribution in [0.15, 0.2) is 6.08 Å². The molecule has 3 N–H and O–H groups in total. The molecular weight excluding hydrogens is 192 g/mol. The Kier molecular flexibility index (Phi) is 2.22. The zero-order valence-electron chi connectivity index (χ0n) is 8.77. The highest BCUT2D eigenvalue weighted by atomic mass is 16.1. The first kappa shape index (κ1) is 9.76. The predicted molar refractivity (Wildman–Crippen MR) is 59.6 cm³/mol. The van der Waals surface area contributed by atoms with E-state index >= 15 is 0 Å². The Morgan fingerprint density at radius 3 is 3.00 bits per heavy atom. The third kappa shape index (κ3) is 1.49. The predicted octanol–water partition coefficient (Wildman–Crippen LogP) is 1.20. The number of hydrogen-bond acceptors (Lipinski definition) is 4. The zero-order chi connectivity index (χ0) is 11.0. The molecule has 1 aliphatic heterocycles. The molecule has 0 aromatic carbocycles. The van der Waals surface area contributed by atoms with E-state index in [1.165, 1.54) is 0 Å². The molecule has 5 heteroatoms. The molecule has 1 aliphatic rings. The van der Waals surface area contributed by atoms with Gasteiger partial charge in [0, 0.05) is 12.2 Å². The minimum atomic E-state index is 0.215. The minimum Gasteiger partial charge on any atom is -0.382 e. The van der Waals surface area contributed by atoms with Crippen LogP contribution in [0.25, 0.3) is 6.20 Å². The number of aldehydes is 1. The van der Waals surface area contributed by atoms with Crippen molar-refractivity contribution in [3.8, 4) is 0 Å². The molecule has 1 atom stereocenters. The highest BCUT2D eigenvalue weighted by molar-refractivity contribution is 5.90. The van der Waals surface area contributed by atoms with Gasteiger partial charge in [0.25, 0.3) is 0 Å². The van der Waals surface area contributed by atoms with E-state index in [2.05, 4.69) is 24.3 Å². The second kappa shape index (κ2) is 3.42. The van der Waals surface area contributed by atoms with Crippen LogP contribution < -0.4 is 11.1 Å². The summed E-state index contributed by atoms with van der Waals surface area (Å²) in [7, 11) is 0. The normalized spacial score (nSPS) is 18.7. The molecular formula is C10H14N4O. The van der Waals surface area contributed by atoms with E-state index in [9.17, 15) is 4.79 Å². The van der Waals surface area contributed by atoms with Gasteiger partial charge in [0.05, 0.1) is 0 Å². The van der Waals surface area contributed by atoms with Gasteiger partial charge in [0.1, 0.15) is 11.4 Å². The van der Waals surface area contributed by atoms with Crippen molar-refractivity contribution < 1.29 is 4.79 Å². The summed E-state index contributed by atoms with van der Waals surface area (Å²) in [5, 5.41) is 7.27. The number of anilines is 2. The Balaban J connectivity index is 2.42. The van der Waals surface area contributed by atoms with Gasteiger partial charge < -0.3 is 11.1 Å². The highest BCUT2D eigenvalue weighted by Crippen LogP contribution is 2.26. The molecule has 1 unspecified atom stereocenters.